The third kappa shape index (κ3) is 3.46. The maximum absolute atomic E-state index is 11.8. The Bertz CT molecular complexity index is 629. The van der Waals surface area contributed by atoms with Crippen molar-refractivity contribution in [2.24, 2.45) is 10.9 Å². The predicted octanol–water partition coefficient (Wildman–Crippen LogP) is 2.12. The number of aliphatic imine (C=N–C) groups is 1. The number of non-ortho nitro benzene ring substituents is 1. The molecule has 0 amide bonds. The Kier molecular flexibility index (Phi) is 4.69. The van der Waals surface area contributed by atoms with Gasteiger partial charge in [-0.05, 0) is 13.0 Å². The lowest BCUT2D eigenvalue weighted by Gasteiger charge is -2.08. The van der Waals surface area contributed by atoms with Crippen molar-refractivity contribution in [1.29, 1.82) is 0 Å². The van der Waals surface area contributed by atoms with Crippen molar-refractivity contribution in [2.75, 3.05) is 12.4 Å². The van der Waals surface area contributed by atoms with Crippen molar-refractivity contribution < 1.29 is 19.2 Å². The number of carbonyl (C=O) groups excluding carboxylic acids is 2. The Morgan fingerprint density at radius 3 is 3.00 bits per heavy atom. The van der Waals surface area contributed by atoms with Crippen molar-refractivity contribution in [3.8, 4) is 0 Å². The SMILES string of the molecule is CCOC(=O)C1C(=O)CSC1=Nc1cccc([N+](=O)[O-])c1. The van der Waals surface area contributed by atoms with Gasteiger partial charge in [0, 0.05) is 12.1 Å². The first-order valence-electron chi connectivity index (χ1n) is 6.18. The number of nitrogens with zero attached hydrogens (tertiary/aromatic N) is 2. The summed E-state index contributed by atoms with van der Waals surface area (Å²) in [7, 11) is 0. The van der Waals surface area contributed by atoms with Crippen molar-refractivity contribution in [3.05, 3.63) is 34.4 Å². The Morgan fingerprint density at radius 2 is 2.33 bits per heavy atom. The van der Waals surface area contributed by atoms with Gasteiger partial charge in [-0.1, -0.05) is 6.07 Å². The lowest BCUT2D eigenvalue weighted by Crippen LogP contribution is -2.27. The summed E-state index contributed by atoms with van der Waals surface area (Å²) in [5, 5.41) is 11.0. The summed E-state index contributed by atoms with van der Waals surface area (Å²) in [5.74, 6) is -1.76. The van der Waals surface area contributed by atoms with E-state index in [1.165, 1.54) is 18.2 Å². The summed E-state index contributed by atoms with van der Waals surface area (Å²) in [6.07, 6.45) is 0. The van der Waals surface area contributed by atoms with E-state index in [-0.39, 0.29) is 23.8 Å². The molecule has 7 nitrogen and oxygen atoms in total. The number of carbonyl (C=O) groups is 2. The molecular weight excluding hydrogens is 296 g/mol. The van der Waals surface area contributed by atoms with Gasteiger partial charge in [0.05, 0.1) is 28.0 Å². The lowest BCUT2D eigenvalue weighted by molar-refractivity contribution is -0.384. The van der Waals surface area contributed by atoms with Gasteiger partial charge in [0.2, 0.25) is 0 Å². The number of hydrogen-bond acceptors (Lipinski definition) is 7. The standard InChI is InChI=1S/C13H12N2O5S/c1-2-20-13(17)11-10(16)7-21-12(11)14-8-4-3-5-9(6-8)15(18)19/h3-6,11H,2,7H2,1H3. The molecule has 0 bridgehead atoms. The number of nitro benzene ring substituents is 1. The van der Waals surface area contributed by atoms with Crippen LogP contribution in [0.4, 0.5) is 11.4 Å². The Balaban J connectivity index is 2.30. The molecule has 110 valence electrons. The van der Waals surface area contributed by atoms with Gasteiger partial charge in [0.15, 0.2) is 11.7 Å². The summed E-state index contributed by atoms with van der Waals surface area (Å²) in [6.45, 7) is 1.83. The minimum Gasteiger partial charge on any atom is -0.465 e. The number of benzene rings is 1. The highest BCUT2D eigenvalue weighted by Gasteiger charge is 2.39. The summed E-state index contributed by atoms with van der Waals surface area (Å²) in [4.78, 5) is 37.9. The quantitative estimate of drug-likeness (QED) is 0.365. The monoisotopic (exact) mass is 308 g/mol. The number of esters is 1. The molecule has 0 saturated carbocycles. The van der Waals surface area contributed by atoms with Crippen molar-refractivity contribution in [3.63, 3.8) is 0 Å². The minimum absolute atomic E-state index is 0.0983. The second kappa shape index (κ2) is 6.49. The van der Waals surface area contributed by atoms with E-state index in [2.05, 4.69) is 4.99 Å². The lowest BCUT2D eigenvalue weighted by atomic mass is 10.1. The normalized spacial score (nSPS) is 19.8. The molecule has 0 spiro atoms. The summed E-state index contributed by atoms with van der Waals surface area (Å²) < 4.78 is 4.86. The molecule has 8 heteroatoms. The number of hydrogen-bond donors (Lipinski definition) is 0. The first-order valence-corrected chi connectivity index (χ1v) is 7.16. The van der Waals surface area contributed by atoms with Crippen LogP contribution in [-0.2, 0) is 14.3 Å². The van der Waals surface area contributed by atoms with Gasteiger partial charge in [-0.2, -0.15) is 0 Å². The van der Waals surface area contributed by atoms with E-state index in [9.17, 15) is 19.7 Å². The zero-order valence-corrected chi connectivity index (χ0v) is 12.0. The van der Waals surface area contributed by atoms with Gasteiger partial charge in [0.25, 0.3) is 5.69 Å². The molecule has 0 N–H and O–H groups in total. The van der Waals surface area contributed by atoms with E-state index < -0.39 is 16.8 Å². The first kappa shape index (κ1) is 15.2. The summed E-state index contributed by atoms with van der Waals surface area (Å²) in [6, 6.07) is 5.71. The maximum Gasteiger partial charge on any atom is 0.323 e. The molecule has 1 atom stereocenters. The van der Waals surface area contributed by atoms with Crippen LogP contribution in [0.1, 0.15) is 6.92 Å². The highest BCUT2D eigenvalue weighted by Crippen LogP contribution is 2.29. The molecule has 1 aliphatic rings. The number of nitro groups is 1. The molecule has 1 aliphatic heterocycles. The Morgan fingerprint density at radius 1 is 1.57 bits per heavy atom. The molecule has 1 aromatic rings. The van der Waals surface area contributed by atoms with E-state index in [1.54, 1.807) is 13.0 Å². The minimum atomic E-state index is -1.02. The number of Topliss-reactive ketones (excluding diaryl/α,β-unsaturated/α-hetero) is 1. The fourth-order valence-electron chi connectivity index (χ4n) is 1.81. The molecule has 1 saturated heterocycles. The average Bonchev–Trinajstić information content (AvgIpc) is 2.80. The van der Waals surface area contributed by atoms with E-state index in [4.69, 9.17) is 4.74 Å². The number of rotatable bonds is 4. The van der Waals surface area contributed by atoms with Crippen LogP contribution in [0.3, 0.4) is 0 Å². The smallest absolute Gasteiger partial charge is 0.323 e. The van der Waals surface area contributed by atoms with Gasteiger partial charge < -0.3 is 4.74 Å². The number of ether oxygens (including phenoxy) is 1. The van der Waals surface area contributed by atoms with E-state index in [0.29, 0.717) is 10.7 Å². The average molecular weight is 308 g/mol. The third-order valence-corrected chi connectivity index (χ3v) is 3.78. The topological polar surface area (TPSA) is 98.9 Å². The summed E-state index contributed by atoms with van der Waals surface area (Å²) in [5.41, 5.74) is 0.231. The third-order valence-electron chi connectivity index (χ3n) is 2.73. The van der Waals surface area contributed by atoms with Gasteiger partial charge in [0.1, 0.15) is 0 Å². The van der Waals surface area contributed by atoms with Gasteiger partial charge in [-0.15, -0.1) is 11.8 Å². The van der Waals surface area contributed by atoms with Crippen molar-refractivity contribution >= 4 is 39.9 Å². The fraction of sp³-hybridized carbons (Fsp3) is 0.308. The molecular formula is C13H12N2O5S. The van der Waals surface area contributed by atoms with Gasteiger partial charge >= 0.3 is 5.97 Å². The molecule has 0 aliphatic carbocycles. The number of thioether (sulfide) groups is 1. The van der Waals surface area contributed by atoms with Gasteiger partial charge in [-0.25, -0.2) is 4.99 Å². The van der Waals surface area contributed by atoms with Crippen LogP contribution in [0.2, 0.25) is 0 Å². The molecule has 1 fully saturated rings. The molecule has 1 unspecified atom stereocenters. The molecule has 0 radical (unpaired) electrons. The van der Waals surface area contributed by atoms with Crippen LogP contribution < -0.4 is 0 Å². The predicted molar refractivity (Wildman–Crippen MR) is 77.8 cm³/mol. The highest BCUT2D eigenvalue weighted by molar-refractivity contribution is 8.15. The van der Waals surface area contributed by atoms with E-state index >= 15 is 0 Å². The van der Waals surface area contributed by atoms with Crippen molar-refractivity contribution in [2.45, 2.75) is 6.92 Å². The van der Waals surface area contributed by atoms with E-state index in [1.807, 2.05) is 0 Å². The van der Waals surface area contributed by atoms with Crippen LogP contribution in [0.5, 0.6) is 0 Å². The fourth-order valence-corrected chi connectivity index (χ4v) is 2.83. The molecule has 2 rings (SSSR count). The van der Waals surface area contributed by atoms with Crippen LogP contribution >= 0.6 is 11.8 Å². The van der Waals surface area contributed by atoms with Crippen LogP contribution in [0.25, 0.3) is 0 Å². The second-order valence-corrected chi connectivity index (χ2v) is 5.16. The Labute approximate surface area is 124 Å². The first-order chi connectivity index (χ1) is 10.0. The van der Waals surface area contributed by atoms with Crippen LogP contribution in [-0.4, -0.2) is 34.1 Å². The molecule has 21 heavy (non-hydrogen) atoms. The molecule has 1 aromatic carbocycles. The number of ketones is 1. The largest absolute Gasteiger partial charge is 0.465 e. The zero-order chi connectivity index (χ0) is 15.4. The molecule has 1 heterocycles. The maximum atomic E-state index is 11.8. The van der Waals surface area contributed by atoms with Crippen LogP contribution in [0.15, 0.2) is 29.3 Å². The molecule has 0 aromatic heterocycles. The van der Waals surface area contributed by atoms with Crippen molar-refractivity contribution in [1.82, 2.24) is 0 Å². The Hall–Kier alpha value is -2.22. The highest BCUT2D eigenvalue weighted by atomic mass is 32.2. The van der Waals surface area contributed by atoms with Gasteiger partial charge in [-0.3, -0.25) is 19.7 Å². The zero-order valence-electron chi connectivity index (χ0n) is 11.1. The second-order valence-electron chi connectivity index (χ2n) is 4.17. The van der Waals surface area contributed by atoms with Crippen LogP contribution in [0, 0.1) is 16.0 Å². The summed E-state index contributed by atoms with van der Waals surface area (Å²) >= 11 is 1.15. The van der Waals surface area contributed by atoms with E-state index in [0.717, 1.165) is 11.8 Å².